The van der Waals surface area contributed by atoms with E-state index in [-0.39, 0.29) is 11.9 Å². The van der Waals surface area contributed by atoms with Crippen molar-refractivity contribution in [2.75, 3.05) is 7.11 Å². The molecule has 4 nitrogen and oxygen atoms in total. The molecule has 0 saturated heterocycles. The largest absolute Gasteiger partial charge is 0.619 e. The van der Waals surface area contributed by atoms with Crippen molar-refractivity contribution >= 4 is 5.97 Å². The van der Waals surface area contributed by atoms with Crippen molar-refractivity contribution in [3.8, 4) is 11.1 Å². The fraction of sp³-hybridized carbons (Fsp3) is 0.280. The summed E-state index contributed by atoms with van der Waals surface area (Å²) in [5.41, 5.74) is 4.37. The number of hydrogen-bond donors (Lipinski definition) is 0. The van der Waals surface area contributed by atoms with E-state index in [1.165, 1.54) is 24.4 Å². The molecule has 0 aliphatic carbocycles. The molecule has 1 aromatic heterocycles. The predicted octanol–water partition coefficient (Wildman–Crippen LogP) is 4.73. The van der Waals surface area contributed by atoms with Gasteiger partial charge in [-0.2, -0.15) is 4.73 Å². The Morgan fingerprint density at radius 2 is 1.62 bits per heavy atom. The Labute approximate surface area is 172 Å². The van der Waals surface area contributed by atoms with Gasteiger partial charge in [-0.3, -0.25) is 4.79 Å². The van der Waals surface area contributed by atoms with Gasteiger partial charge in [-0.25, -0.2) is 0 Å². The number of ether oxygens (including phenoxy) is 1. The van der Waals surface area contributed by atoms with Crippen LogP contribution in [0.5, 0.6) is 0 Å². The van der Waals surface area contributed by atoms with E-state index in [2.05, 4.69) is 24.3 Å². The number of carbonyl (C=O) groups excluding carboxylic acids is 1. The number of methoxy groups -OCH3 is 1. The highest BCUT2D eigenvalue weighted by atomic mass is 16.5. The van der Waals surface area contributed by atoms with E-state index in [0.717, 1.165) is 48.0 Å². The molecule has 3 rings (SSSR count). The van der Waals surface area contributed by atoms with Crippen molar-refractivity contribution < 1.29 is 14.3 Å². The van der Waals surface area contributed by atoms with E-state index in [0.29, 0.717) is 0 Å². The van der Waals surface area contributed by atoms with Crippen LogP contribution in [0.15, 0.2) is 79.1 Å². The van der Waals surface area contributed by atoms with Crippen LogP contribution in [0.4, 0.5) is 0 Å². The van der Waals surface area contributed by atoms with Crippen LogP contribution in [-0.4, -0.2) is 13.1 Å². The van der Waals surface area contributed by atoms with Gasteiger partial charge in [0.25, 0.3) is 0 Å². The summed E-state index contributed by atoms with van der Waals surface area (Å²) in [6.45, 7) is 0. The number of benzene rings is 2. The molecule has 0 saturated carbocycles. The minimum atomic E-state index is -0.126. The lowest BCUT2D eigenvalue weighted by molar-refractivity contribution is -0.604. The maximum Gasteiger partial charge on any atom is 0.308 e. The Balaban J connectivity index is 1.55. The first-order valence-electron chi connectivity index (χ1n) is 10.1. The molecule has 1 unspecified atom stereocenters. The summed E-state index contributed by atoms with van der Waals surface area (Å²) < 4.78 is 5.83. The molecular formula is C25H27NO3. The van der Waals surface area contributed by atoms with Crippen LogP contribution >= 0.6 is 0 Å². The zero-order valence-corrected chi connectivity index (χ0v) is 16.8. The first-order chi connectivity index (χ1) is 14.2. The third-order valence-electron chi connectivity index (χ3n) is 5.24. The first kappa shape index (κ1) is 20.6. The number of nitrogens with zero attached hydrogens (tertiary/aromatic N) is 1. The summed E-state index contributed by atoms with van der Waals surface area (Å²) in [5, 5.41) is 11.5. The number of aromatic nitrogens is 1. The SMILES string of the molecule is COC(=O)C(CCCc1ccccc1)CCc1ccc(-c2ccc[n+]([O-])c2)cc1. The lowest BCUT2D eigenvalue weighted by atomic mass is 9.93. The second-order valence-corrected chi connectivity index (χ2v) is 7.29. The predicted molar refractivity (Wildman–Crippen MR) is 114 cm³/mol. The molecule has 1 atom stereocenters. The van der Waals surface area contributed by atoms with Crippen LogP contribution in [0, 0.1) is 11.1 Å². The van der Waals surface area contributed by atoms with Crippen molar-refractivity contribution in [2.45, 2.75) is 32.1 Å². The van der Waals surface area contributed by atoms with E-state index < -0.39 is 0 Å². The average molecular weight is 389 g/mol. The van der Waals surface area contributed by atoms with E-state index in [9.17, 15) is 10.0 Å². The number of rotatable bonds is 9. The van der Waals surface area contributed by atoms with Crippen molar-refractivity contribution in [3.05, 3.63) is 95.5 Å². The van der Waals surface area contributed by atoms with Crippen molar-refractivity contribution in [1.82, 2.24) is 0 Å². The summed E-state index contributed by atoms with van der Waals surface area (Å²) in [6, 6.07) is 22.2. The molecule has 29 heavy (non-hydrogen) atoms. The van der Waals surface area contributed by atoms with Gasteiger partial charge in [0, 0.05) is 11.6 Å². The molecule has 0 aliphatic heterocycles. The van der Waals surface area contributed by atoms with Gasteiger partial charge in [-0.15, -0.1) is 0 Å². The summed E-state index contributed by atoms with van der Waals surface area (Å²) >= 11 is 0. The maximum absolute atomic E-state index is 12.2. The van der Waals surface area contributed by atoms with Crippen LogP contribution in [0.2, 0.25) is 0 Å². The molecule has 0 aliphatic rings. The molecule has 0 fully saturated rings. The van der Waals surface area contributed by atoms with Gasteiger partial charge in [0.05, 0.1) is 13.0 Å². The number of esters is 1. The van der Waals surface area contributed by atoms with Crippen molar-refractivity contribution in [2.24, 2.45) is 5.92 Å². The normalized spacial score (nSPS) is 11.8. The average Bonchev–Trinajstić information content (AvgIpc) is 2.76. The smallest absolute Gasteiger partial charge is 0.308 e. The highest BCUT2D eigenvalue weighted by molar-refractivity contribution is 5.72. The van der Waals surface area contributed by atoms with E-state index >= 15 is 0 Å². The van der Waals surface area contributed by atoms with Crippen LogP contribution in [-0.2, 0) is 22.4 Å². The number of pyridine rings is 1. The maximum atomic E-state index is 12.2. The third-order valence-corrected chi connectivity index (χ3v) is 5.24. The summed E-state index contributed by atoms with van der Waals surface area (Å²) in [7, 11) is 1.46. The monoisotopic (exact) mass is 389 g/mol. The zero-order chi connectivity index (χ0) is 20.5. The standard InChI is InChI=1S/C25H27NO3/c1-29-25(27)23(10-5-9-20-7-3-2-4-8-20)17-14-21-12-15-22(16-13-21)24-11-6-18-26(28)19-24/h2-4,6-8,11-13,15-16,18-19,23H,5,9-10,14,17H2,1H3. The molecule has 1 heterocycles. The van der Waals surface area contributed by atoms with Gasteiger partial charge >= 0.3 is 5.97 Å². The van der Waals surface area contributed by atoms with Gasteiger partial charge in [0.15, 0.2) is 12.4 Å². The molecule has 4 heteroatoms. The first-order valence-corrected chi connectivity index (χ1v) is 10.1. The van der Waals surface area contributed by atoms with Gasteiger partial charge in [0.1, 0.15) is 0 Å². The Bertz CT molecular complexity index is 907. The van der Waals surface area contributed by atoms with Crippen molar-refractivity contribution in [1.29, 1.82) is 0 Å². The molecule has 2 aromatic carbocycles. The zero-order valence-electron chi connectivity index (χ0n) is 16.8. The Kier molecular flexibility index (Phi) is 7.40. The highest BCUT2D eigenvalue weighted by Crippen LogP contribution is 2.21. The Morgan fingerprint density at radius 1 is 0.897 bits per heavy atom. The second-order valence-electron chi connectivity index (χ2n) is 7.29. The van der Waals surface area contributed by atoms with Gasteiger partial charge in [-0.1, -0.05) is 54.6 Å². The van der Waals surface area contributed by atoms with E-state index in [4.69, 9.17) is 4.74 Å². The number of aryl methyl sites for hydroxylation is 2. The molecule has 150 valence electrons. The lowest BCUT2D eigenvalue weighted by Crippen LogP contribution is -2.23. The number of carbonyl (C=O) groups is 1. The third kappa shape index (κ3) is 6.18. The molecule has 0 radical (unpaired) electrons. The summed E-state index contributed by atoms with van der Waals surface area (Å²) in [4.78, 5) is 12.2. The van der Waals surface area contributed by atoms with Crippen molar-refractivity contribution in [3.63, 3.8) is 0 Å². The van der Waals surface area contributed by atoms with Gasteiger partial charge in [-0.05, 0) is 54.9 Å². The summed E-state index contributed by atoms with van der Waals surface area (Å²) in [6.07, 6.45) is 7.39. The van der Waals surface area contributed by atoms with Crippen LogP contribution in [0.25, 0.3) is 11.1 Å². The highest BCUT2D eigenvalue weighted by Gasteiger charge is 2.18. The fourth-order valence-corrected chi connectivity index (χ4v) is 3.57. The number of hydrogen-bond acceptors (Lipinski definition) is 3. The minimum Gasteiger partial charge on any atom is -0.619 e. The van der Waals surface area contributed by atoms with Crippen LogP contribution in [0.1, 0.15) is 30.4 Å². The molecular weight excluding hydrogens is 362 g/mol. The molecule has 0 N–H and O–H groups in total. The minimum absolute atomic E-state index is 0.0862. The second kappa shape index (κ2) is 10.4. The van der Waals surface area contributed by atoms with E-state index in [1.807, 2.05) is 36.4 Å². The summed E-state index contributed by atoms with van der Waals surface area (Å²) in [5.74, 6) is -0.212. The molecule has 0 spiro atoms. The topological polar surface area (TPSA) is 53.2 Å². The Hall–Kier alpha value is -3.14. The molecule has 0 bridgehead atoms. The van der Waals surface area contributed by atoms with E-state index in [1.54, 1.807) is 12.3 Å². The quantitative estimate of drug-likeness (QED) is 0.302. The van der Waals surface area contributed by atoms with Crippen LogP contribution in [0.3, 0.4) is 0 Å². The Morgan fingerprint density at radius 3 is 2.31 bits per heavy atom. The lowest BCUT2D eigenvalue weighted by Gasteiger charge is -2.15. The van der Waals surface area contributed by atoms with Gasteiger partial charge in [0.2, 0.25) is 0 Å². The fourth-order valence-electron chi connectivity index (χ4n) is 3.57. The molecule has 3 aromatic rings. The van der Waals surface area contributed by atoms with Crippen LogP contribution < -0.4 is 4.73 Å². The molecule has 0 amide bonds. The van der Waals surface area contributed by atoms with Gasteiger partial charge < -0.3 is 9.94 Å².